The van der Waals surface area contributed by atoms with Gasteiger partial charge in [0.25, 0.3) is 5.91 Å². The monoisotopic (exact) mass is 242 g/mol. The molecule has 2 rings (SSSR count). The quantitative estimate of drug-likeness (QED) is 0.746. The maximum atomic E-state index is 11.8. The first-order chi connectivity index (χ1) is 8.79. The van der Waals surface area contributed by atoms with Crippen molar-refractivity contribution in [2.45, 2.75) is 12.8 Å². The lowest BCUT2D eigenvalue weighted by molar-refractivity contribution is -0.191. The van der Waals surface area contributed by atoms with E-state index in [1.165, 1.54) is 11.1 Å². The number of rotatable bonds is 2. The van der Waals surface area contributed by atoms with Crippen molar-refractivity contribution >= 4 is 12.0 Å². The molecule has 1 amide bonds. The summed E-state index contributed by atoms with van der Waals surface area (Å²) in [5, 5.41) is 10.2. The van der Waals surface area contributed by atoms with Gasteiger partial charge in [0.15, 0.2) is 0 Å². The number of carbonyl (C=O) groups is 1. The smallest absolute Gasteiger partial charge is 0.270 e. The van der Waals surface area contributed by atoms with E-state index in [9.17, 15) is 4.79 Å². The Balaban J connectivity index is 2.01. The average molecular weight is 242 g/mol. The van der Waals surface area contributed by atoms with Crippen molar-refractivity contribution in [1.29, 1.82) is 5.26 Å². The van der Waals surface area contributed by atoms with Gasteiger partial charge in [0, 0.05) is 12.6 Å². The van der Waals surface area contributed by atoms with Crippen LogP contribution in [0.5, 0.6) is 0 Å². The molecule has 1 aromatic rings. The molecule has 1 aliphatic heterocycles. The van der Waals surface area contributed by atoms with Crippen molar-refractivity contribution in [3.63, 3.8) is 0 Å². The van der Waals surface area contributed by atoms with Gasteiger partial charge in [-0.05, 0) is 36.6 Å². The zero-order chi connectivity index (χ0) is 12.8. The van der Waals surface area contributed by atoms with E-state index in [4.69, 9.17) is 10.1 Å². The highest BCUT2D eigenvalue weighted by molar-refractivity contribution is 5.91. The van der Waals surface area contributed by atoms with Crippen LogP contribution in [0.25, 0.3) is 6.08 Å². The molecule has 0 saturated carbocycles. The third kappa shape index (κ3) is 3.19. The first-order valence-corrected chi connectivity index (χ1v) is 5.92. The van der Waals surface area contributed by atoms with Gasteiger partial charge in [0.05, 0.1) is 18.2 Å². The third-order valence-corrected chi connectivity index (χ3v) is 2.68. The van der Waals surface area contributed by atoms with Crippen LogP contribution in [0.2, 0.25) is 0 Å². The molecule has 92 valence electrons. The molecule has 0 unspecified atom stereocenters. The van der Waals surface area contributed by atoms with Crippen LogP contribution in [0.15, 0.2) is 30.3 Å². The van der Waals surface area contributed by atoms with Crippen LogP contribution >= 0.6 is 0 Å². The van der Waals surface area contributed by atoms with E-state index in [-0.39, 0.29) is 5.91 Å². The van der Waals surface area contributed by atoms with Crippen LogP contribution < -0.4 is 0 Å². The predicted molar refractivity (Wildman–Crippen MR) is 67.1 cm³/mol. The van der Waals surface area contributed by atoms with Crippen molar-refractivity contribution < 1.29 is 9.63 Å². The summed E-state index contributed by atoms with van der Waals surface area (Å²) < 4.78 is 0. The van der Waals surface area contributed by atoms with E-state index in [0.29, 0.717) is 18.7 Å². The summed E-state index contributed by atoms with van der Waals surface area (Å²) in [5.74, 6) is -0.155. The molecule has 0 aromatic heterocycles. The average Bonchev–Trinajstić information content (AvgIpc) is 2.46. The summed E-state index contributed by atoms with van der Waals surface area (Å²) in [6.07, 6.45) is 5.14. The maximum Gasteiger partial charge on any atom is 0.270 e. The van der Waals surface area contributed by atoms with Gasteiger partial charge in [-0.2, -0.15) is 5.26 Å². The van der Waals surface area contributed by atoms with Crippen molar-refractivity contribution in [2.24, 2.45) is 0 Å². The van der Waals surface area contributed by atoms with Gasteiger partial charge in [-0.1, -0.05) is 12.1 Å². The van der Waals surface area contributed by atoms with E-state index >= 15 is 0 Å². The lowest BCUT2D eigenvalue weighted by Gasteiger charge is -2.24. The molecule has 0 atom stereocenters. The van der Waals surface area contributed by atoms with Gasteiger partial charge in [-0.15, -0.1) is 0 Å². The first-order valence-electron chi connectivity index (χ1n) is 5.92. The Bertz CT molecular complexity index is 497. The van der Waals surface area contributed by atoms with Gasteiger partial charge in [0.2, 0.25) is 0 Å². The molecule has 4 heteroatoms. The second kappa shape index (κ2) is 5.99. The lowest BCUT2D eigenvalue weighted by Crippen LogP contribution is -2.34. The summed E-state index contributed by atoms with van der Waals surface area (Å²) >= 11 is 0. The fraction of sp³-hybridized carbons (Fsp3) is 0.286. The highest BCUT2D eigenvalue weighted by Gasteiger charge is 2.14. The minimum absolute atomic E-state index is 0.155. The van der Waals surface area contributed by atoms with Gasteiger partial charge >= 0.3 is 0 Å². The number of carbonyl (C=O) groups excluding carboxylic acids is 1. The van der Waals surface area contributed by atoms with Gasteiger partial charge < -0.3 is 0 Å². The number of hydrogen-bond donors (Lipinski definition) is 0. The molecule has 0 bridgehead atoms. The van der Waals surface area contributed by atoms with Gasteiger partial charge in [0.1, 0.15) is 0 Å². The molecular formula is C14H14N2O2. The second-order valence-corrected chi connectivity index (χ2v) is 4.05. The Morgan fingerprint density at radius 1 is 1.44 bits per heavy atom. The Labute approximate surface area is 106 Å². The molecule has 0 aliphatic carbocycles. The zero-order valence-corrected chi connectivity index (χ0v) is 10.0. The van der Waals surface area contributed by atoms with Crippen LogP contribution in [0.1, 0.15) is 24.0 Å². The second-order valence-electron chi connectivity index (χ2n) is 4.05. The van der Waals surface area contributed by atoms with Crippen molar-refractivity contribution in [3.8, 4) is 6.07 Å². The summed E-state index contributed by atoms with van der Waals surface area (Å²) in [6.45, 7) is 1.24. The van der Waals surface area contributed by atoms with Gasteiger partial charge in [-0.25, -0.2) is 5.06 Å². The molecule has 1 saturated heterocycles. The molecule has 0 radical (unpaired) electrons. The largest absolute Gasteiger partial charge is 0.271 e. The number of nitriles is 1. The molecule has 1 heterocycles. The molecule has 0 N–H and O–H groups in total. The SMILES string of the molecule is N#Cc1cccc(/C=C/C(=O)N2CCCCO2)c1. The van der Waals surface area contributed by atoms with Crippen molar-refractivity contribution in [2.75, 3.05) is 13.2 Å². The van der Waals surface area contributed by atoms with Gasteiger partial charge in [-0.3, -0.25) is 9.63 Å². The Kier molecular flexibility index (Phi) is 4.11. The highest BCUT2D eigenvalue weighted by Crippen LogP contribution is 2.09. The van der Waals surface area contributed by atoms with Crippen LogP contribution in [0.3, 0.4) is 0 Å². The van der Waals surface area contributed by atoms with Crippen molar-refractivity contribution in [1.82, 2.24) is 5.06 Å². The van der Waals surface area contributed by atoms with Crippen LogP contribution in [0.4, 0.5) is 0 Å². The Morgan fingerprint density at radius 2 is 2.33 bits per heavy atom. The van der Waals surface area contributed by atoms with Crippen LogP contribution in [-0.4, -0.2) is 24.1 Å². The molecule has 1 aliphatic rings. The number of benzene rings is 1. The van der Waals surface area contributed by atoms with E-state index in [0.717, 1.165) is 18.4 Å². The summed E-state index contributed by atoms with van der Waals surface area (Å²) in [7, 11) is 0. The predicted octanol–water partition coefficient (Wildman–Crippen LogP) is 2.13. The zero-order valence-electron chi connectivity index (χ0n) is 10.0. The molecule has 0 spiro atoms. The normalized spacial score (nSPS) is 15.6. The van der Waals surface area contributed by atoms with Crippen LogP contribution in [-0.2, 0) is 9.63 Å². The van der Waals surface area contributed by atoms with Crippen LogP contribution in [0, 0.1) is 11.3 Å². The summed E-state index contributed by atoms with van der Waals surface area (Å²) in [5.41, 5.74) is 1.42. The first kappa shape index (κ1) is 12.3. The minimum atomic E-state index is -0.155. The summed E-state index contributed by atoms with van der Waals surface area (Å²) in [4.78, 5) is 17.0. The maximum absolute atomic E-state index is 11.8. The lowest BCUT2D eigenvalue weighted by atomic mass is 10.1. The molecule has 1 aromatic carbocycles. The summed E-state index contributed by atoms with van der Waals surface area (Å²) in [6, 6.07) is 9.17. The van der Waals surface area contributed by atoms with E-state index in [1.54, 1.807) is 24.3 Å². The minimum Gasteiger partial charge on any atom is -0.271 e. The number of nitrogens with zero attached hydrogens (tertiary/aromatic N) is 2. The highest BCUT2D eigenvalue weighted by atomic mass is 16.7. The van der Waals surface area contributed by atoms with E-state index in [1.807, 2.05) is 6.07 Å². The molecular weight excluding hydrogens is 228 g/mol. The van der Waals surface area contributed by atoms with Crippen molar-refractivity contribution in [3.05, 3.63) is 41.5 Å². The number of hydroxylamine groups is 2. The third-order valence-electron chi connectivity index (χ3n) is 2.68. The fourth-order valence-corrected chi connectivity index (χ4v) is 1.73. The molecule has 1 fully saturated rings. The fourth-order valence-electron chi connectivity index (χ4n) is 1.73. The standard InChI is InChI=1S/C14H14N2O2/c15-11-13-5-3-4-12(10-13)6-7-14(17)16-8-1-2-9-18-16/h3-7,10H,1-2,8-9H2/b7-6+. The van der Waals surface area contributed by atoms with E-state index in [2.05, 4.69) is 6.07 Å². The van der Waals surface area contributed by atoms with E-state index < -0.39 is 0 Å². The Hall–Kier alpha value is -2.12. The Morgan fingerprint density at radius 3 is 3.06 bits per heavy atom. The number of hydrogen-bond acceptors (Lipinski definition) is 3. The molecule has 18 heavy (non-hydrogen) atoms. The number of amides is 1. The molecule has 4 nitrogen and oxygen atoms in total. The topological polar surface area (TPSA) is 53.3 Å².